The monoisotopic (exact) mass is 248 g/mol. The van der Waals surface area contributed by atoms with Gasteiger partial charge in [0.05, 0.1) is 0 Å². The number of hydrogen-bond donors (Lipinski definition) is 2. The molecule has 0 amide bonds. The summed E-state index contributed by atoms with van der Waals surface area (Å²) in [6, 6.07) is 9.38. The molecule has 18 heavy (non-hydrogen) atoms. The van der Waals surface area contributed by atoms with Gasteiger partial charge in [0.15, 0.2) is 5.60 Å². The van der Waals surface area contributed by atoms with Gasteiger partial charge in [0.25, 0.3) is 0 Å². The van der Waals surface area contributed by atoms with E-state index in [9.17, 15) is 15.0 Å². The minimum atomic E-state index is -1.61. The minimum absolute atomic E-state index is 0.121. The molecule has 1 atom stereocenters. The fraction of sp³-hybridized carbons (Fsp3) is 0.533. The Balaban J connectivity index is 2.18. The first-order chi connectivity index (χ1) is 8.63. The standard InChI is InChI=1S/C15H20O3/c16-14(17)15(18,13-9-5-2-6-10-13)11-12-7-3-1-4-8-12/h1,3-4,7-8,13,18H,2,5-6,9-11H2,(H,16,17)/t15-/m1/s1. The Bertz CT molecular complexity index is 395. The topological polar surface area (TPSA) is 57.5 Å². The maximum Gasteiger partial charge on any atom is 0.336 e. The number of carboxylic acids is 1. The number of rotatable bonds is 4. The first-order valence-corrected chi connectivity index (χ1v) is 6.62. The Labute approximate surface area is 107 Å². The van der Waals surface area contributed by atoms with Crippen LogP contribution in [0.25, 0.3) is 0 Å². The Hall–Kier alpha value is -1.35. The summed E-state index contributed by atoms with van der Waals surface area (Å²) in [6.45, 7) is 0. The molecule has 1 saturated carbocycles. The molecule has 2 rings (SSSR count). The van der Waals surface area contributed by atoms with Gasteiger partial charge in [-0.05, 0) is 24.3 Å². The Kier molecular flexibility index (Phi) is 4.02. The fourth-order valence-corrected chi connectivity index (χ4v) is 2.88. The van der Waals surface area contributed by atoms with E-state index in [-0.39, 0.29) is 12.3 Å². The summed E-state index contributed by atoms with van der Waals surface area (Å²) < 4.78 is 0. The van der Waals surface area contributed by atoms with Crippen molar-refractivity contribution < 1.29 is 15.0 Å². The van der Waals surface area contributed by atoms with Crippen LogP contribution in [0, 0.1) is 5.92 Å². The van der Waals surface area contributed by atoms with Crippen LogP contribution in [0.1, 0.15) is 37.7 Å². The lowest BCUT2D eigenvalue weighted by molar-refractivity contribution is -0.166. The van der Waals surface area contributed by atoms with Crippen LogP contribution in [-0.2, 0) is 11.2 Å². The highest BCUT2D eigenvalue weighted by Crippen LogP contribution is 2.35. The fourth-order valence-electron chi connectivity index (χ4n) is 2.88. The van der Waals surface area contributed by atoms with E-state index in [1.54, 1.807) is 0 Å². The van der Waals surface area contributed by atoms with E-state index in [0.29, 0.717) is 0 Å². The molecule has 0 spiro atoms. The van der Waals surface area contributed by atoms with Crippen molar-refractivity contribution in [2.24, 2.45) is 5.92 Å². The second-order valence-corrected chi connectivity index (χ2v) is 5.23. The molecule has 1 aromatic carbocycles. The van der Waals surface area contributed by atoms with Gasteiger partial charge < -0.3 is 10.2 Å². The highest BCUT2D eigenvalue weighted by atomic mass is 16.4. The van der Waals surface area contributed by atoms with E-state index in [2.05, 4.69) is 0 Å². The molecule has 1 aromatic rings. The minimum Gasteiger partial charge on any atom is -0.479 e. The largest absolute Gasteiger partial charge is 0.479 e. The molecular formula is C15H20O3. The zero-order chi connectivity index (χ0) is 13.0. The van der Waals surface area contributed by atoms with Crippen LogP contribution >= 0.6 is 0 Å². The number of carbonyl (C=O) groups is 1. The molecule has 3 heteroatoms. The van der Waals surface area contributed by atoms with Gasteiger partial charge in [-0.2, -0.15) is 0 Å². The van der Waals surface area contributed by atoms with Gasteiger partial charge in [-0.15, -0.1) is 0 Å². The number of hydrogen-bond acceptors (Lipinski definition) is 2. The van der Waals surface area contributed by atoms with Gasteiger partial charge in [-0.3, -0.25) is 0 Å². The molecule has 0 aromatic heterocycles. The van der Waals surface area contributed by atoms with Crippen LogP contribution in [0.3, 0.4) is 0 Å². The summed E-state index contributed by atoms with van der Waals surface area (Å²) in [5, 5.41) is 20.0. The van der Waals surface area contributed by atoms with Crippen LogP contribution in [0.4, 0.5) is 0 Å². The first kappa shape index (κ1) is 13.1. The summed E-state index contributed by atoms with van der Waals surface area (Å²) in [5.74, 6) is -1.21. The predicted molar refractivity (Wildman–Crippen MR) is 69.3 cm³/mol. The van der Waals surface area contributed by atoms with Gasteiger partial charge in [-0.1, -0.05) is 49.6 Å². The van der Waals surface area contributed by atoms with Crippen molar-refractivity contribution in [3.8, 4) is 0 Å². The molecule has 1 fully saturated rings. The Morgan fingerprint density at radius 2 is 1.78 bits per heavy atom. The first-order valence-electron chi connectivity index (χ1n) is 6.62. The predicted octanol–water partition coefficient (Wildman–Crippen LogP) is 2.63. The third kappa shape index (κ3) is 2.72. The van der Waals surface area contributed by atoms with Crippen molar-refractivity contribution in [1.29, 1.82) is 0 Å². The van der Waals surface area contributed by atoms with Gasteiger partial charge in [-0.25, -0.2) is 4.79 Å². The molecule has 1 aliphatic carbocycles. The maximum atomic E-state index is 11.5. The second-order valence-electron chi connectivity index (χ2n) is 5.23. The van der Waals surface area contributed by atoms with E-state index in [0.717, 1.165) is 37.7 Å². The van der Waals surface area contributed by atoms with Crippen molar-refractivity contribution in [3.05, 3.63) is 35.9 Å². The molecule has 0 aliphatic heterocycles. The van der Waals surface area contributed by atoms with Gasteiger partial charge in [0.2, 0.25) is 0 Å². The zero-order valence-corrected chi connectivity index (χ0v) is 10.5. The van der Waals surface area contributed by atoms with Crippen molar-refractivity contribution in [2.75, 3.05) is 0 Å². The molecule has 0 unspecified atom stereocenters. The van der Waals surface area contributed by atoms with Crippen molar-refractivity contribution in [2.45, 2.75) is 44.1 Å². The highest BCUT2D eigenvalue weighted by Gasteiger charge is 2.44. The van der Waals surface area contributed by atoms with E-state index >= 15 is 0 Å². The number of aliphatic carboxylic acids is 1. The van der Waals surface area contributed by atoms with E-state index < -0.39 is 11.6 Å². The SMILES string of the molecule is O=C(O)[C@@](O)(Cc1ccccc1)C1CCCCC1. The number of aliphatic hydroxyl groups is 1. The van der Waals surface area contributed by atoms with Crippen LogP contribution < -0.4 is 0 Å². The summed E-state index contributed by atoms with van der Waals surface area (Å²) >= 11 is 0. The maximum absolute atomic E-state index is 11.5. The summed E-state index contributed by atoms with van der Waals surface area (Å²) in [5.41, 5.74) is -0.727. The van der Waals surface area contributed by atoms with Crippen LogP contribution in [0.2, 0.25) is 0 Å². The smallest absolute Gasteiger partial charge is 0.336 e. The quantitative estimate of drug-likeness (QED) is 0.861. The molecule has 2 N–H and O–H groups in total. The molecule has 0 heterocycles. The Morgan fingerprint density at radius 3 is 2.33 bits per heavy atom. The van der Waals surface area contributed by atoms with Gasteiger partial charge >= 0.3 is 5.97 Å². The summed E-state index contributed by atoms with van der Waals surface area (Å²) in [6.07, 6.45) is 5.03. The normalized spacial score (nSPS) is 20.3. The van der Waals surface area contributed by atoms with Gasteiger partial charge in [0, 0.05) is 6.42 Å². The zero-order valence-electron chi connectivity index (χ0n) is 10.5. The van der Waals surface area contributed by atoms with E-state index in [1.807, 2.05) is 30.3 Å². The molecule has 0 bridgehead atoms. The average molecular weight is 248 g/mol. The molecule has 3 nitrogen and oxygen atoms in total. The molecular weight excluding hydrogens is 228 g/mol. The van der Waals surface area contributed by atoms with E-state index in [1.165, 1.54) is 0 Å². The molecule has 0 radical (unpaired) electrons. The number of benzene rings is 1. The van der Waals surface area contributed by atoms with Crippen molar-refractivity contribution in [3.63, 3.8) is 0 Å². The summed E-state index contributed by atoms with van der Waals surface area (Å²) in [7, 11) is 0. The molecule has 98 valence electrons. The molecule has 0 saturated heterocycles. The summed E-state index contributed by atoms with van der Waals surface area (Å²) in [4.78, 5) is 11.5. The van der Waals surface area contributed by atoms with E-state index in [4.69, 9.17) is 0 Å². The molecule has 1 aliphatic rings. The van der Waals surface area contributed by atoms with Crippen LogP contribution in [0.5, 0.6) is 0 Å². The third-order valence-electron chi connectivity index (χ3n) is 3.97. The average Bonchev–Trinajstić information content (AvgIpc) is 2.40. The van der Waals surface area contributed by atoms with Crippen LogP contribution in [-0.4, -0.2) is 21.8 Å². The lowest BCUT2D eigenvalue weighted by Gasteiger charge is -2.35. The highest BCUT2D eigenvalue weighted by molar-refractivity contribution is 5.78. The lowest BCUT2D eigenvalue weighted by Crippen LogP contribution is -2.48. The van der Waals surface area contributed by atoms with Gasteiger partial charge in [0.1, 0.15) is 0 Å². The van der Waals surface area contributed by atoms with Crippen LogP contribution in [0.15, 0.2) is 30.3 Å². The van der Waals surface area contributed by atoms with Crippen molar-refractivity contribution >= 4 is 5.97 Å². The number of carboxylic acid groups (broad SMARTS) is 1. The second kappa shape index (κ2) is 5.53. The third-order valence-corrected chi connectivity index (χ3v) is 3.97. The van der Waals surface area contributed by atoms with Crippen molar-refractivity contribution in [1.82, 2.24) is 0 Å². The lowest BCUT2D eigenvalue weighted by atomic mass is 9.74. The Morgan fingerprint density at radius 1 is 1.17 bits per heavy atom.